The summed E-state index contributed by atoms with van der Waals surface area (Å²) in [6.07, 6.45) is 0.715. The van der Waals surface area contributed by atoms with Gasteiger partial charge in [0, 0.05) is 25.1 Å². The van der Waals surface area contributed by atoms with Crippen LogP contribution in [0.2, 0.25) is 0 Å². The maximum absolute atomic E-state index is 13.2. The van der Waals surface area contributed by atoms with Gasteiger partial charge in [-0.05, 0) is 24.6 Å². The van der Waals surface area contributed by atoms with Crippen LogP contribution in [-0.2, 0) is 9.59 Å². The van der Waals surface area contributed by atoms with Crippen LogP contribution >= 0.6 is 12.4 Å². The Hall–Kier alpha value is -1.93. The van der Waals surface area contributed by atoms with Gasteiger partial charge in [0.25, 0.3) is 5.92 Å². The Kier molecular flexibility index (Phi) is 5.84. The van der Waals surface area contributed by atoms with Gasteiger partial charge in [-0.15, -0.1) is 12.4 Å². The number of carbonyl (C=O) groups is 2. The third-order valence-electron chi connectivity index (χ3n) is 4.24. The van der Waals surface area contributed by atoms with E-state index in [-0.39, 0.29) is 18.3 Å². The normalized spacial score (nSPS) is 21.8. The van der Waals surface area contributed by atoms with E-state index in [4.69, 9.17) is 4.74 Å². The zero-order chi connectivity index (χ0) is 17.3. The summed E-state index contributed by atoms with van der Waals surface area (Å²) in [5, 5.41) is 5.14. The van der Waals surface area contributed by atoms with Gasteiger partial charge in [-0.3, -0.25) is 14.9 Å². The first-order valence-corrected chi connectivity index (χ1v) is 7.80. The molecule has 0 bridgehead atoms. The second-order valence-electron chi connectivity index (χ2n) is 6.02. The van der Waals surface area contributed by atoms with Crippen molar-refractivity contribution in [2.24, 2.45) is 0 Å². The quantitative estimate of drug-likeness (QED) is 0.846. The number of alkyl halides is 2. The summed E-state index contributed by atoms with van der Waals surface area (Å²) < 4.78 is 31.7. The molecule has 2 aliphatic rings. The predicted molar refractivity (Wildman–Crippen MR) is 91.8 cm³/mol. The molecule has 25 heavy (non-hydrogen) atoms. The van der Waals surface area contributed by atoms with Crippen LogP contribution in [0, 0.1) is 0 Å². The fraction of sp³-hybridized carbons (Fsp3) is 0.500. The lowest BCUT2D eigenvalue weighted by Gasteiger charge is -2.20. The van der Waals surface area contributed by atoms with Gasteiger partial charge >= 0.3 is 0 Å². The van der Waals surface area contributed by atoms with Crippen molar-refractivity contribution in [3.05, 3.63) is 18.2 Å². The molecule has 1 aromatic rings. The second-order valence-corrected chi connectivity index (χ2v) is 6.02. The molecule has 9 heteroatoms. The molecular formula is C16H20ClF2N3O3. The smallest absolute Gasteiger partial charge is 0.262 e. The molecule has 2 fully saturated rings. The zero-order valence-electron chi connectivity index (χ0n) is 13.7. The number of carbonyl (C=O) groups excluding carboxylic acids is 2. The molecule has 2 amide bonds. The van der Waals surface area contributed by atoms with Crippen LogP contribution in [0.5, 0.6) is 5.75 Å². The maximum Gasteiger partial charge on any atom is 0.262 e. The third-order valence-corrected chi connectivity index (χ3v) is 4.24. The van der Waals surface area contributed by atoms with E-state index in [1.54, 1.807) is 23.1 Å². The maximum atomic E-state index is 13.2. The molecule has 0 aromatic heterocycles. The Morgan fingerprint density at radius 2 is 2.20 bits per heavy atom. The minimum absolute atomic E-state index is 0. The fourth-order valence-corrected chi connectivity index (χ4v) is 3.01. The lowest BCUT2D eigenvalue weighted by Crippen LogP contribution is -2.35. The zero-order valence-corrected chi connectivity index (χ0v) is 14.5. The minimum atomic E-state index is -2.87. The highest BCUT2D eigenvalue weighted by atomic mass is 35.5. The van der Waals surface area contributed by atoms with E-state index >= 15 is 0 Å². The lowest BCUT2D eigenvalue weighted by molar-refractivity contribution is -0.118. The number of hydrogen-bond donors (Lipinski definition) is 2. The Morgan fingerprint density at radius 1 is 1.44 bits per heavy atom. The van der Waals surface area contributed by atoms with Crippen LogP contribution in [0.3, 0.4) is 0 Å². The lowest BCUT2D eigenvalue weighted by atomic mass is 10.1. The highest BCUT2D eigenvalue weighted by Gasteiger charge is 2.42. The molecule has 2 N–H and O–H groups in total. The van der Waals surface area contributed by atoms with Gasteiger partial charge in [0.2, 0.25) is 11.8 Å². The molecule has 0 radical (unpaired) electrons. The summed E-state index contributed by atoms with van der Waals surface area (Å²) in [7, 11) is 1.50. The Balaban J connectivity index is 0.00000225. The van der Waals surface area contributed by atoms with Gasteiger partial charge in [0.1, 0.15) is 5.75 Å². The molecule has 3 rings (SSSR count). The number of methoxy groups -OCH3 is 1. The molecule has 0 saturated carbocycles. The first-order valence-electron chi connectivity index (χ1n) is 7.80. The molecule has 1 aromatic carbocycles. The summed E-state index contributed by atoms with van der Waals surface area (Å²) in [6, 6.07) is 3.97. The summed E-state index contributed by atoms with van der Waals surface area (Å²) in [4.78, 5) is 25.7. The summed E-state index contributed by atoms with van der Waals surface area (Å²) in [6.45, 7) is 0.0875. The van der Waals surface area contributed by atoms with E-state index in [2.05, 4.69) is 10.6 Å². The largest absolute Gasteiger partial charge is 0.495 e. The van der Waals surface area contributed by atoms with Crippen LogP contribution in [0.1, 0.15) is 19.3 Å². The fourth-order valence-electron chi connectivity index (χ4n) is 3.01. The van der Waals surface area contributed by atoms with Crippen molar-refractivity contribution in [3.63, 3.8) is 0 Å². The molecule has 2 heterocycles. The van der Waals surface area contributed by atoms with Crippen molar-refractivity contribution in [3.8, 4) is 5.75 Å². The average molecular weight is 376 g/mol. The van der Waals surface area contributed by atoms with Gasteiger partial charge in [0.15, 0.2) is 0 Å². The van der Waals surface area contributed by atoms with Crippen molar-refractivity contribution < 1.29 is 23.1 Å². The summed E-state index contributed by atoms with van der Waals surface area (Å²) >= 11 is 0. The van der Waals surface area contributed by atoms with E-state index in [0.29, 0.717) is 30.1 Å². The first-order chi connectivity index (χ1) is 11.4. The molecule has 1 unspecified atom stereocenters. The highest BCUT2D eigenvalue weighted by Crippen LogP contribution is 2.34. The molecule has 0 spiro atoms. The van der Waals surface area contributed by atoms with Crippen LogP contribution in [0.15, 0.2) is 18.2 Å². The number of halogens is 3. The van der Waals surface area contributed by atoms with Crippen LogP contribution in [0.25, 0.3) is 0 Å². The van der Waals surface area contributed by atoms with E-state index in [1.807, 2.05) is 0 Å². The van der Waals surface area contributed by atoms with Crippen LogP contribution in [-0.4, -0.2) is 44.0 Å². The molecule has 0 aliphatic carbocycles. The Bertz CT molecular complexity index is 672. The van der Waals surface area contributed by atoms with Gasteiger partial charge in [-0.2, -0.15) is 0 Å². The first kappa shape index (κ1) is 19.4. The Morgan fingerprint density at radius 3 is 2.76 bits per heavy atom. The van der Waals surface area contributed by atoms with Crippen molar-refractivity contribution in [1.82, 2.24) is 5.32 Å². The van der Waals surface area contributed by atoms with Gasteiger partial charge in [0.05, 0.1) is 25.4 Å². The molecule has 6 nitrogen and oxygen atoms in total. The number of rotatable bonds is 4. The summed E-state index contributed by atoms with van der Waals surface area (Å²) in [5.74, 6) is -2.87. The van der Waals surface area contributed by atoms with Crippen molar-refractivity contribution >= 4 is 35.6 Å². The molecule has 2 aliphatic heterocycles. The minimum Gasteiger partial charge on any atom is -0.495 e. The van der Waals surface area contributed by atoms with E-state index in [0.717, 1.165) is 6.42 Å². The number of nitrogens with one attached hydrogen (secondary N) is 2. The van der Waals surface area contributed by atoms with Crippen molar-refractivity contribution in [2.75, 3.05) is 30.4 Å². The third kappa shape index (κ3) is 4.19. The van der Waals surface area contributed by atoms with Crippen molar-refractivity contribution in [1.29, 1.82) is 0 Å². The van der Waals surface area contributed by atoms with Gasteiger partial charge in [-0.25, -0.2) is 8.78 Å². The van der Waals surface area contributed by atoms with E-state index in [1.165, 1.54) is 7.11 Å². The molecule has 2 saturated heterocycles. The number of benzene rings is 1. The molecule has 138 valence electrons. The topological polar surface area (TPSA) is 70.7 Å². The van der Waals surface area contributed by atoms with Crippen LogP contribution < -0.4 is 20.3 Å². The van der Waals surface area contributed by atoms with E-state index < -0.39 is 30.8 Å². The number of amides is 2. The average Bonchev–Trinajstić information content (AvgIpc) is 3.12. The number of hydrogen-bond acceptors (Lipinski definition) is 4. The monoisotopic (exact) mass is 375 g/mol. The van der Waals surface area contributed by atoms with Crippen LogP contribution in [0.4, 0.5) is 20.2 Å². The predicted octanol–water partition coefficient (Wildman–Crippen LogP) is 2.18. The van der Waals surface area contributed by atoms with Crippen molar-refractivity contribution in [2.45, 2.75) is 31.2 Å². The summed E-state index contributed by atoms with van der Waals surface area (Å²) in [5.41, 5.74) is 1.01. The van der Waals surface area contributed by atoms with Gasteiger partial charge in [-0.1, -0.05) is 0 Å². The Labute approximate surface area is 150 Å². The molecular weight excluding hydrogens is 356 g/mol. The standard InChI is InChI=1S/C16H19F2N3O3.ClH/c1-24-13-5-4-10(7-12(13)21-6-2-3-14(21)22)20-15(23)11-8-16(17,18)9-19-11;/h4-5,7,11,19H,2-3,6,8-9H2,1H3,(H,20,23);1H. The number of anilines is 2. The molecule has 1 atom stereocenters. The number of ether oxygens (including phenoxy) is 1. The SMILES string of the molecule is COc1ccc(NC(=O)C2CC(F)(F)CN2)cc1N1CCCC1=O.Cl. The van der Waals surface area contributed by atoms with E-state index in [9.17, 15) is 18.4 Å². The second kappa shape index (κ2) is 7.53. The highest BCUT2D eigenvalue weighted by molar-refractivity contribution is 5.99. The van der Waals surface area contributed by atoms with Gasteiger partial charge < -0.3 is 15.0 Å². The number of nitrogens with zero attached hydrogens (tertiary/aromatic N) is 1.